The SMILES string of the molecule is COc1cccc(N2C[C@H](NC(=O)N3CCCC[C@@H]3CCO)CC2=O)c1. The summed E-state index contributed by atoms with van der Waals surface area (Å²) in [5.74, 6) is 0.692. The highest BCUT2D eigenvalue weighted by Crippen LogP contribution is 2.26. The average Bonchev–Trinajstić information content (AvgIpc) is 3.02. The van der Waals surface area contributed by atoms with Crippen LogP contribution in [0.15, 0.2) is 24.3 Å². The molecule has 0 aliphatic carbocycles. The molecule has 0 bridgehead atoms. The molecule has 0 saturated carbocycles. The number of benzene rings is 1. The average molecular weight is 361 g/mol. The van der Waals surface area contributed by atoms with Crippen molar-refractivity contribution in [2.24, 2.45) is 0 Å². The van der Waals surface area contributed by atoms with E-state index in [4.69, 9.17) is 4.74 Å². The minimum Gasteiger partial charge on any atom is -0.497 e. The number of anilines is 1. The van der Waals surface area contributed by atoms with Gasteiger partial charge in [-0.2, -0.15) is 0 Å². The van der Waals surface area contributed by atoms with Crippen molar-refractivity contribution in [2.75, 3.05) is 31.7 Å². The zero-order valence-corrected chi connectivity index (χ0v) is 15.2. The molecule has 7 nitrogen and oxygen atoms in total. The molecule has 3 rings (SSSR count). The molecule has 142 valence electrons. The highest BCUT2D eigenvalue weighted by molar-refractivity contribution is 5.97. The number of carbonyl (C=O) groups excluding carboxylic acids is 2. The molecular weight excluding hydrogens is 334 g/mol. The number of aliphatic hydroxyl groups is 1. The van der Waals surface area contributed by atoms with Gasteiger partial charge in [0.25, 0.3) is 0 Å². The topological polar surface area (TPSA) is 82.1 Å². The van der Waals surface area contributed by atoms with E-state index in [9.17, 15) is 14.7 Å². The highest BCUT2D eigenvalue weighted by Gasteiger charge is 2.34. The summed E-state index contributed by atoms with van der Waals surface area (Å²) in [4.78, 5) is 28.6. The molecule has 0 aromatic heterocycles. The van der Waals surface area contributed by atoms with Gasteiger partial charge in [0.15, 0.2) is 0 Å². The molecule has 2 atom stereocenters. The van der Waals surface area contributed by atoms with Gasteiger partial charge in [-0.25, -0.2) is 4.79 Å². The first-order chi connectivity index (χ1) is 12.6. The monoisotopic (exact) mass is 361 g/mol. The van der Waals surface area contributed by atoms with Crippen LogP contribution in [0.5, 0.6) is 5.75 Å². The van der Waals surface area contributed by atoms with E-state index in [1.807, 2.05) is 29.2 Å². The van der Waals surface area contributed by atoms with E-state index in [0.717, 1.165) is 24.9 Å². The second-order valence-corrected chi connectivity index (χ2v) is 6.91. The second kappa shape index (κ2) is 8.40. The number of aliphatic hydroxyl groups excluding tert-OH is 1. The fraction of sp³-hybridized carbons (Fsp3) is 0.579. The van der Waals surface area contributed by atoms with Crippen LogP contribution in [0.3, 0.4) is 0 Å². The largest absolute Gasteiger partial charge is 0.497 e. The Morgan fingerprint density at radius 2 is 2.23 bits per heavy atom. The predicted molar refractivity (Wildman–Crippen MR) is 98.3 cm³/mol. The molecule has 2 heterocycles. The van der Waals surface area contributed by atoms with Crippen LogP contribution in [0.2, 0.25) is 0 Å². The third-order valence-corrected chi connectivity index (χ3v) is 5.17. The van der Waals surface area contributed by atoms with E-state index >= 15 is 0 Å². The minimum absolute atomic E-state index is 0.00546. The summed E-state index contributed by atoms with van der Waals surface area (Å²) in [6.45, 7) is 1.24. The van der Waals surface area contributed by atoms with Gasteiger partial charge in [0, 0.05) is 43.9 Å². The van der Waals surface area contributed by atoms with Crippen LogP contribution in [0, 0.1) is 0 Å². The van der Waals surface area contributed by atoms with Gasteiger partial charge >= 0.3 is 6.03 Å². The lowest BCUT2D eigenvalue weighted by Gasteiger charge is -2.36. The molecule has 1 aromatic rings. The first-order valence-electron chi connectivity index (χ1n) is 9.24. The molecule has 3 amide bonds. The number of carbonyl (C=O) groups is 2. The van der Waals surface area contributed by atoms with Crippen molar-refractivity contribution in [3.63, 3.8) is 0 Å². The van der Waals surface area contributed by atoms with E-state index in [-0.39, 0.29) is 30.6 Å². The van der Waals surface area contributed by atoms with E-state index in [2.05, 4.69) is 5.32 Å². The van der Waals surface area contributed by atoms with Gasteiger partial charge in [0.1, 0.15) is 5.75 Å². The number of hydrogen-bond donors (Lipinski definition) is 2. The Balaban J connectivity index is 1.62. The molecule has 0 radical (unpaired) electrons. The third-order valence-electron chi connectivity index (χ3n) is 5.17. The van der Waals surface area contributed by atoms with Gasteiger partial charge < -0.3 is 25.0 Å². The summed E-state index contributed by atoms with van der Waals surface area (Å²) in [7, 11) is 1.59. The number of rotatable bonds is 5. The van der Waals surface area contributed by atoms with E-state index in [0.29, 0.717) is 31.7 Å². The summed E-state index contributed by atoms with van der Waals surface area (Å²) in [6, 6.07) is 7.12. The molecule has 2 fully saturated rings. The molecule has 0 unspecified atom stereocenters. The number of nitrogens with zero attached hydrogens (tertiary/aromatic N) is 2. The molecule has 1 aromatic carbocycles. The normalized spacial score (nSPS) is 23.2. The number of hydrogen-bond acceptors (Lipinski definition) is 4. The smallest absolute Gasteiger partial charge is 0.317 e. The number of likely N-dealkylation sites (tertiary alicyclic amines) is 1. The first-order valence-corrected chi connectivity index (χ1v) is 9.24. The van der Waals surface area contributed by atoms with Crippen LogP contribution in [0.4, 0.5) is 10.5 Å². The zero-order chi connectivity index (χ0) is 18.5. The lowest BCUT2D eigenvalue weighted by molar-refractivity contribution is -0.117. The van der Waals surface area contributed by atoms with Crippen LogP contribution in [-0.2, 0) is 4.79 Å². The summed E-state index contributed by atoms with van der Waals surface area (Å²) in [5, 5.41) is 12.2. The number of urea groups is 1. The Bertz CT molecular complexity index is 649. The fourth-order valence-corrected chi connectivity index (χ4v) is 3.81. The Morgan fingerprint density at radius 1 is 1.38 bits per heavy atom. The number of methoxy groups -OCH3 is 1. The fourth-order valence-electron chi connectivity index (χ4n) is 3.81. The van der Waals surface area contributed by atoms with Gasteiger partial charge in [0.2, 0.25) is 5.91 Å². The third kappa shape index (κ3) is 4.09. The van der Waals surface area contributed by atoms with Gasteiger partial charge in [-0.15, -0.1) is 0 Å². The van der Waals surface area contributed by atoms with Crippen molar-refractivity contribution in [1.29, 1.82) is 0 Å². The lowest BCUT2D eigenvalue weighted by Crippen LogP contribution is -2.52. The molecule has 26 heavy (non-hydrogen) atoms. The Labute approximate surface area is 153 Å². The van der Waals surface area contributed by atoms with Crippen molar-refractivity contribution in [1.82, 2.24) is 10.2 Å². The van der Waals surface area contributed by atoms with E-state index < -0.39 is 0 Å². The first kappa shape index (κ1) is 18.5. The van der Waals surface area contributed by atoms with Crippen molar-refractivity contribution in [3.05, 3.63) is 24.3 Å². The van der Waals surface area contributed by atoms with Crippen molar-refractivity contribution < 1.29 is 19.4 Å². The van der Waals surface area contributed by atoms with Crippen molar-refractivity contribution >= 4 is 17.6 Å². The summed E-state index contributed by atoms with van der Waals surface area (Å²) in [6.07, 6.45) is 3.89. The van der Waals surface area contributed by atoms with Crippen LogP contribution in [0.1, 0.15) is 32.1 Å². The lowest BCUT2D eigenvalue weighted by atomic mass is 10.00. The minimum atomic E-state index is -0.210. The van der Waals surface area contributed by atoms with Crippen molar-refractivity contribution in [2.45, 2.75) is 44.2 Å². The maximum Gasteiger partial charge on any atom is 0.317 e. The molecule has 2 saturated heterocycles. The van der Waals surface area contributed by atoms with Gasteiger partial charge in [0.05, 0.1) is 13.2 Å². The maximum absolute atomic E-state index is 12.7. The number of nitrogens with one attached hydrogen (secondary N) is 1. The molecule has 2 N–H and O–H groups in total. The van der Waals surface area contributed by atoms with Crippen LogP contribution in [0.25, 0.3) is 0 Å². The molecule has 2 aliphatic heterocycles. The maximum atomic E-state index is 12.7. The Kier molecular flexibility index (Phi) is 5.98. The number of amides is 3. The Morgan fingerprint density at radius 3 is 3.00 bits per heavy atom. The van der Waals surface area contributed by atoms with Crippen LogP contribution >= 0.6 is 0 Å². The van der Waals surface area contributed by atoms with E-state index in [1.165, 1.54) is 0 Å². The van der Waals surface area contributed by atoms with E-state index in [1.54, 1.807) is 12.0 Å². The number of ether oxygens (including phenoxy) is 1. The molecular formula is C19H27N3O4. The molecule has 2 aliphatic rings. The molecule has 0 spiro atoms. The summed E-state index contributed by atoms with van der Waals surface area (Å²) in [5.41, 5.74) is 0.780. The van der Waals surface area contributed by atoms with Gasteiger partial charge in [-0.1, -0.05) is 6.07 Å². The number of piperidine rings is 1. The van der Waals surface area contributed by atoms with Gasteiger partial charge in [-0.05, 0) is 37.8 Å². The van der Waals surface area contributed by atoms with Crippen LogP contribution < -0.4 is 15.0 Å². The van der Waals surface area contributed by atoms with Crippen molar-refractivity contribution in [3.8, 4) is 5.75 Å². The molecule has 7 heteroatoms. The summed E-state index contributed by atoms with van der Waals surface area (Å²) >= 11 is 0. The van der Waals surface area contributed by atoms with Crippen LogP contribution in [-0.4, -0.2) is 60.8 Å². The predicted octanol–water partition coefficient (Wildman–Crippen LogP) is 1.75. The highest BCUT2D eigenvalue weighted by atomic mass is 16.5. The standard InChI is InChI=1S/C19H27N3O4/c1-26-17-7-4-6-16(12-17)22-13-14(11-18(22)24)20-19(25)21-9-3-2-5-15(21)8-10-23/h4,6-7,12,14-15,23H,2-3,5,8-11,13H2,1H3,(H,20,25)/t14-,15-/m1/s1. The Hall–Kier alpha value is -2.28. The quantitative estimate of drug-likeness (QED) is 0.837. The second-order valence-electron chi connectivity index (χ2n) is 6.91. The summed E-state index contributed by atoms with van der Waals surface area (Å²) < 4.78 is 5.22. The zero-order valence-electron chi connectivity index (χ0n) is 15.2. The van der Waals surface area contributed by atoms with Gasteiger partial charge in [-0.3, -0.25) is 4.79 Å².